The highest BCUT2D eigenvalue weighted by Crippen LogP contribution is 2.34. The SMILES string of the molecule is CN1C(=O)/C(=C/c2cc(Br)c(I)o2)SC1=Nc1ccc(Cl)cc1. The number of hydrogen-bond donors (Lipinski definition) is 0. The molecular formula is C15H9BrClIN2O2S. The molecule has 0 radical (unpaired) electrons. The summed E-state index contributed by atoms with van der Waals surface area (Å²) < 4.78 is 7.16. The van der Waals surface area contributed by atoms with Crippen molar-refractivity contribution in [3.8, 4) is 0 Å². The Labute approximate surface area is 164 Å². The van der Waals surface area contributed by atoms with Gasteiger partial charge in [-0.25, -0.2) is 4.99 Å². The van der Waals surface area contributed by atoms with Gasteiger partial charge in [0.15, 0.2) is 8.93 Å². The lowest BCUT2D eigenvalue weighted by Crippen LogP contribution is -2.23. The molecule has 0 aliphatic carbocycles. The van der Waals surface area contributed by atoms with Gasteiger partial charge in [-0.1, -0.05) is 11.6 Å². The maximum Gasteiger partial charge on any atom is 0.266 e. The van der Waals surface area contributed by atoms with Crippen LogP contribution in [0.4, 0.5) is 5.69 Å². The molecule has 118 valence electrons. The summed E-state index contributed by atoms with van der Waals surface area (Å²) in [6.45, 7) is 0. The zero-order chi connectivity index (χ0) is 16.6. The van der Waals surface area contributed by atoms with Crippen LogP contribution in [-0.4, -0.2) is 23.0 Å². The third kappa shape index (κ3) is 3.84. The van der Waals surface area contributed by atoms with E-state index in [4.69, 9.17) is 16.0 Å². The zero-order valence-corrected chi connectivity index (χ0v) is 17.0. The predicted octanol–water partition coefficient (Wildman–Crippen LogP) is 5.53. The number of halogens is 3. The van der Waals surface area contributed by atoms with Crippen LogP contribution in [0.2, 0.25) is 5.02 Å². The largest absolute Gasteiger partial charge is 0.450 e. The Morgan fingerprint density at radius 3 is 2.70 bits per heavy atom. The van der Waals surface area contributed by atoms with Crippen molar-refractivity contribution < 1.29 is 9.21 Å². The van der Waals surface area contributed by atoms with Gasteiger partial charge in [-0.2, -0.15) is 0 Å². The van der Waals surface area contributed by atoms with E-state index >= 15 is 0 Å². The van der Waals surface area contributed by atoms with Gasteiger partial charge in [0.05, 0.1) is 15.1 Å². The fourth-order valence-corrected chi connectivity index (χ4v) is 3.65. The van der Waals surface area contributed by atoms with Crippen LogP contribution in [0.25, 0.3) is 6.08 Å². The van der Waals surface area contributed by atoms with E-state index in [0.29, 0.717) is 20.9 Å². The van der Waals surface area contributed by atoms with Crippen molar-refractivity contribution in [2.75, 3.05) is 7.05 Å². The molecule has 1 aliphatic heterocycles. The average molecular weight is 524 g/mol. The number of aliphatic imine (C=N–C) groups is 1. The summed E-state index contributed by atoms with van der Waals surface area (Å²) in [5.74, 6) is 0.517. The van der Waals surface area contributed by atoms with E-state index in [1.54, 1.807) is 25.3 Å². The fraction of sp³-hybridized carbons (Fsp3) is 0.0667. The number of rotatable bonds is 2. The minimum atomic E-state index is -0.106. The van der Waals surface area contributed by atoms with E-state index in [1.165, 1.54) is 16.7 Å². The molecule has 0 unspecified atom stereocenters. The van der Waals surface area contributed by atoms with Crippen molar-refractivity contribution in [2.24, 2.45) is 4.99 Å². The molecular weight excluding hydrogens is 515 g/mol. The molecule has 23 heavy (non-hydrogen) atoms. The molecule has 8 heteroatoms. The van der Waals surface area contributed by atoms with E-state index in [2.05, 4.69) is 43.5 Å². The van der Waals surface area contributed by atoms with E-state index < -0.39 is 0 Å². The molecule has 1 aromatic heterocycles. The van der Waals surface area contributed by atoms with Crippen molar-refractivity contribution in [2.45, 2.75) is 0 Å². The summed E-state index contributed by atoms with van der Waals surface area (Å²) in [6.07, 6.45) is 1.72. The Kier molecular flexibility index (Phi) is 5.19. The van der Waals surface area contributed by atoms with Crippen molar-refractivity contribution in [3.63, 3.8) is 0 Å². The van der Waals surface area contributed by atoms with E-state index in [9.17, 15) is 4.79 Å². The smallest absolute Gasteiger partial charge is 0.266 e. The molecule has 1 amide bonds. The van der Waals surface area contributed by atoms with Crippen molar-refractivity contribution in [1.29, 1.82) is 0 Å². The first-order valence-electron chi connectivity index (χ1n) is 6.41. The number of amidine groups is 1. The Bertz CT molecular complexity index is 813. The normalized spacial score (nSPS) is 18.4. The zero-order valence-electron chi connectivity index (χ0n) is 11.7. The number of hydrogen-bond acceptors (Lipinski definition) is 4. The fourth-order valence-electron chi connectivity index (χ4n) is 1.84. The summed E-state index contributed by atoms with van der Waals surface area (Å²) in [6, 6.07) is 8.98. The van der Waals surface area contributed by atoms with Gasteiger partial charge in [-0.15, -0.1) is 0 Å². The number of thioether (sulfide) groups is 1. The number of carbonyl (C=O) groups excluding carboxylic acids is 1. The van der Waals surface area contributed by atoms with Crippen LogP contribution in [0.5, 0.6) is 0 Å². The molecule has 2 heterocycles. The quantitative estimate of drug-likeness (QED) is 0.384. The molecule has 1 fully saturated rings. The third-order valence-electron chi connectivity index (χ3n) is 2.99. The van der Waals surface area contributed by atoms with Gasteiger partial charge >= 0.3 is 0 Å². The highest BCUT2D eigenvalue weighted by Gasteiger charge is 2.30. The average Bonchev–Trinajstić information content (AvgIpc) is 2.96. The van der Waals surface area contributed by atoms with Gasteiger partial charge in [0.25, 0.3) is 5.91 Å². The number of furan rings is 1. The van der Waals surface area contributed by atoms with Crippen molar-refractivity contribution >= 4 is 84.7 Å². The molecule has 3 rings (SSSR count). The van der Waals surface area contributed by atoms with Crippen LogP contribution in [0.1, 0.15) is 5.76 Å². The molecule has 2 aromatic rings. The minimum Gasteiger partial charge on any atom is -0.450 e. The Morgan fingerprint density at radius 2 is 2.09 bits per heavy atom. The van der Waals surface area contributed by atoms with E-state index in [0.717, 1.165) is 13.9 Å². The van der Waals surface area contributed by atoms with Crippen LogP contribution in [0.3, 0.4) is 0 Å². The molecule has 0 spiro atoms. The summed E-state index contributed by atoms with van der Waals surface area (Å²) in [5, 5.41) is 1.26. The highest BCUT2D eigenvalue weighted by atomic mass is 127. The maximum atomic E-state index is 12.3. The molecule has 0 saturated carbocycles. The number of benzene rings is 1. The second-order valence-corrected chi connectivity index (χ2v) is 7.90. The lowest BCUT2D eigenvalue weighted by Gasteiger charge is -2.06. The number of amides is 1. The molecule has 0 bridgehead atoms. The molecule has 1 aliphatic rings. The number of likely N-dealkylation sites (N-methyl/N-ethyl adjacent to an activating group) is 1. The molecule has 0 N–H and O–H groups in total. The van der Waals surface area contributed by atoms with Crippen molar-refractivity contribution in [1.82, 2.24) is 4.90 Å². The molecule has 1 aromatic carbocycles. The van der Waals surface area contributed by atoms with Crippen LogP contribution < -0.4 is 0 Å². The summed E-state index contributed by atoms with van der Waals surface area (Å²) in [5.41, 5.74) is 0.744. The van der Waals surface area contributed by atoms with Gasteiger partial charge in [0.2, 0.25) is 0 Å². The second kappa shape index (κ2) is 7.00. The Balaban J connectivity index is 1.89. The van der Waals surface area contributed by atoms with Gasteiger partial charge in [-0.05, 0) is 58.0 Å². The van der Waals surface area contributed by atoms with Gasteiger partial charge in [0, 0.05) is 40.7 Å². The molecule has 1 saturated heterocycles. The van der Waals surface area contributed by atoms with Crippen molar-refractivity contribution in [3.05, 3.63) is 54.3 Å². The number of nitrogens with zero attached hydrogens (tertiary/aromatic N) is 2. The van der Waals surface area contributed by atoms with Crippen LogP contribution in [-0.2, 0) is 4.79 Å². The molecule has 0 atom stereocenters. The summed E-state index contributed by atoms with van der Waals surface area (Å²) in [4.78, 5) is 18.9. The highest BCUT2D eigenvalue weighted by molar-refractivity contribution is 14.1. The first-order valence-corrected chi connectivity index (χ1v) is 9.47. The summed E-state index contributed by atoms with van der Waals surface area (Å²) >= 11 is 12.6. The lowest BCUT2D eigenvalue weighted by atomic mass is 10.3. The molecule has 4 nitrogen and oxygen atoms in total. The van der Waals surface area contributed by atoms with Gasteiger partial charge in [-0.3, -0.25) is 9.69 Å². The Hall–Kier alpha value is -0.770. The third-order valence-corrected chi connectivity index (χ3v) is 6.44. The lowest BCUT2D eigenvalue weighted by molar-refractivity contribution is -0.121. The van der Waals surface area contributed by atoms with Crippen LogP contribution in [0, 0.1) is 3.77 Å². The minimum absolute atomic E-state index is 0.106. The van der Waals surface area contributed by atoms with E-state index in [1.807, 2.05) is 18.2 Å². The maximum absolute atomic E-state index is 12.3. The predicted molar refractivity (Wildman–Crippen MR) is 106 cm³/mol. The van der Waals surface area contributed by atoms with E-state index in [-0.39, 0.29) is 5.91 Å². The Morgan fingerprint density at radius 1 is 1.39 bits per heavy atom. The standard InChI is InChI=1S/C15H9BrClIN2O2S/c1-20-14(21)12(7-10-6-11(16)13(18)22-10)23-15(20)19-9-4-2-8(17)3-5-9/h2-7H,1H3/b12-7-,19-15?. The summed E-state index contributed by atoms with van der Waals surface area (Å²) in [7, 11) is 1.70. The van der Waals surface area contributed by atoms with Gasteiger partial charge in [0.1, 0.15) is 5.76 Å². The number of carbonyl (C=O) groups is 1. The monoisotopic (exact) mass is 522 g/mol. The second-order valence-electron chi connectivity index (χ2n) is 4.62. The topological polar surface area (TPSA) is 45.8 Å². The van der Waals surface area contributed by atoms with Crippen LogP contribution in [0.15, 0.2) is 49.1 Å². The van der Waals surface area contributed by atoms with Crippen LogP contribution >= 0.6 is 61.9 Å². The first kappa shape index (κ1) is 17.1. The first-order chi connectivity index (χ1) is 10.9. The van der Waals surface area contributed by atoms with Gasteiger partial charge < -0.3 is 4.42 Å².